The molecule has 0 aliphatic rings. The second kappa shape index (κ2) is 4.83. The van der Waals surface area contributed by atoms with Crippen molar-refractivity contribution in [2.45, 2.75) is 12.5 Å². The first-order chi connectivity index (χ1) is 6.99. The zero-order valence-electron chi connectivity index (χ0n) is 7.61. The van der Waals surface area contributed by atoms with Crippen LogP contribution in [0.1, 0.15) is 18.0 Å². The maximum absolute atomic E-state index is 13.2. The van der Waals surface area contributed by atoms with E-state index in [1.54, 1.807) is 0 Å². The van der Waals surface area contributed by atoms with Crippen LogP contribution in [0.2, 0.25) is 5.02 Å². The molecule has 2 nitrogen and oxygen atoms in total. The second-order valence-electron chi connectivity index (χ2n) is 3.00. The fourth-order valence-corrected chi connectivity index (χ4v) is 1.38. The highest BCUT2D eigenvalue weighted by molar-refractivity contribution is 6.30. The molecular formula is C9H9ClF3NO. The number of rotatable bonds is 3. The molecule has 1 aromatic rings. The Morgan fingerprint density at radius 1 is 1.33 bits per heavy atom. The Hall–Kier alpha value is -0.780. The van der Waals surface area contributed by atoms with E-state index in [-0.39, 0.29) is 13.0 Å². The van der Waals surface area contributed by atoms with Crippen LogP contribution >= 0.6 is 11.6 Å². The third-order valence-electron chi connectivity index (χ3n) is 1.96. The van der Waals surface area contributed by atoms with Crippen LogP contribution in [0.25, 0.3) is 0 Å². The largest absolute Gasteiger partial charge is 0.396 e. The minimum atomic E-state index is -1.40. The first-order valence-corrected chi connectivity index (χ1v) is 4.56. The third kappa shape index (κ3) is 2.42. The van der Waals surface area contributed by atoms with E-state index in [0.717, 1.165) is 0 Å². The van der Waals surface area contributed by atoms with E-state index in [0.29, 0.717) is 6.07 Å². The Morgan fingerprint density at radius 3 is 2.47 bits per heavy atom. The number of hydrogen-bond donors (Lipinski definition) is 2. The highest BCUT2D eigenvalue weighted by Gasteiger charge is 2.22. The molecule has 1 unspecified atom stereocenters. The predicted molar refractivity (Wildman–Crippen MR) is 50.0 cm³/mol. The maximum atomic E-state index is 13.2. The number of hydrogen-bond acceptors (Lipinski definition) is 2. The molecule has 0 saturated carbocycles. The molecule has 0 fully saturated rings. The molecule has 0 radical (unpaired) electrons. The number of nitrogens with two attached hydrogens (primary N) is 1. The lowest BCUT2D eigenvalue weighted by Gasteiger charge is -2.13. The summed E-state index contributed by atoms with van der Waals surface area (Å²) in [5, 5.41) is 7.92. The van der Waals surface area contributed by atoms with Crippen LogP contribution in [0, 0.1) is 17.5 Å². The Bertz CT molecular complexity index is 373. The number of aliphatic hydroxyl groups excluding tert-OH is 1. The van der Waals surface area contributed by atoms with Crippen LogP contribution < -0.4 is 5.73 Å². The van der Waals surface area contributed by atoms with Gasteiger partial charge in [-0.2, -0.15) is 0 Å². The van der Waals surface area contributed by atoms with Gasteiger partial charge in [0.25, 0.3) is 0 Å². The van der Waals surface area contributed by atoms with E-state index in [9.17, 15) is 13.2 Å². The van der Waals surface area contributed by atoms with E-state index < -0.39 is 34.1 Å². The summed E-state index contributed by atoms with van der Waals surface area (Å²) in [5.74, 6) is -3.75. The summed E-state index contributed by atoms with van der Waals surface area (Å²) >= 11 is 5.23. The van der Waals surface area contributed by atoms with Gasteiger partial charge >= 0.3 is 0 Å². The molecule has 1 aromatic carbocycles. The first-order valence-electron chi connectivity index (χ1n) is 4.18. The lowest BCUT2D eigenvalue weighted by molar-refractivity contribution is 0.273. The molecular weight excluding hydrogens is 231 g/mol. The topological polar surface area (TPSA) is 46.2 Å². The van der Waals surface area contributed by atoms with Crippen LogP contribution in [-0.4, -0.2) is 11.7 Å². The van der Waals surface area contributed by atoms with Crippen LogP contribution in [0.5, 0.6) is 0 Å². The molecule has 0 aliphatic heterocycles. The van der Waals surface area contributed by atoms with Crippen LogP contribution in [0.4, 0.5) is 13.2 Å². The van der Waals surface area contributed by atoms with Gasteiger partial charge in [-0.05, 0) is 12.5 Å². The van der Waals surface area contributed by atoms with E-state index in [2.05, 4.69) is 0 Å². The summed E-state index contributed by atoms with van der Waals surface area (Å²) in [5.41, 5.74) is 4.78. The molecule has 1 atom stereocenters. The van der Waals surface area contributed by atoms with Gasteiger partial charge in [-0.1, -0.05) is 11.6 Å². The van der Waals surface area contributed by atoms with Crippen LogP contribution in [0.15, 0.2) is 6.07 Å². The molecule has 6 heteroatoms. The lowest BCUT2D eigenvalue weighted by Crippen LogP contribution is -2.16. The normalized spacial score (nSPS) is 12.9. The van der Waals surface area contributed by atoms with E-state index in [1.165, 1.54) is 0 Å². The fourth-order valence-electron chi connectivity index (χ4n) is 1.20. The predicted octanol–water partition coefficient (Wildman–Crippen LogP) is 2.14. The minimum Gasteiger partial charge on any atom is -0.396 e. The third-order valence-corrected chi connectivity index (χ3v) is 2.24. The van der Waals surface area contributed by atoms with Gasteiger partial charge in [-0.15, -0.1) is 0 Å². The SMILES string of the molecule is NC(CCO)c1c(F)cc(Cl)c(F)c1F. The molecule has 0 aromatic heterocycles. The number of benzene rings is 1. The second-order valence-corrected chi connectivity index (χ2v) is 3.41. The van der Waals surface area contributed by atoms with Crippen LogP contribution in [-0.2, 0) is 0 Å². The highest BCUT2D eigenvalue weighted by atomic mass is 35.5. The van der Waals surface area contributed by atoms with Gasteiger partial charge < -0.3 is 10.8 Å². The van der Waals surface area contributed by atoms with E-state index in [4.69, 9.17) is 22.4 Å². The summed E-state index contributed by atoms with van der Waals surface area (Å²) in [7, 11) is 0. The average molecular weight is 240 g/mol. The molecule has 0 amide bonds. The lowest BCUT2D eigenvalue weighted by atomic mass is 10.0. The molecule has 0 bridgehead atoms. The molecule has 3 N–H and O–H groups in total. The van der Waals surface area contributed by atoms with Crippen molar-refractivity contribution in [1.29, 1.82) is 0 Å². The molecule has 0 saturated heterocycles. The van der Waals surface area contributed by atoms with E-state index >= 15 is 0 Å². The van der Waals surface area contributed by atoms with Gasteiger partial charge in [-0.3, -0.25) is 0 Å². The smallest absolute Gasteiger partial charge is 0.177 e. The van der Waals surface area contributed by atoms with Crippen molar-refractivity contribution >= 4 is 11.6 Å². The minimum absolute atomic E-state index is 0.0606. The van der Waals surface area contributed by atoms with Gasteiger partial charge in [0.05, 0.1) is 5.02 Å². The van der Waals surface area contributed by atoms with Gasteiger partial charge in [0, 0.05) is 18.2 Å². The summed E-state index contributed by atoms with van der Waals surface area (Å²) in [4.78, 5) is 0. The summed E-state index contributed by atoms with van der Waals surface area (Å²) in [6.45, 7) is -0.343. The maximum Gasteiger partial charge on any atom is 0.177 e. The van der Waals surface area contributed by atoms with Gasteiger partial charge in [0.2, 0.25) is 0 Å². The Morgan fingerprint density at radius 2 is 1.93 bits per heavy atom. The zero-order chi connectivity index (χ0) is 11.6. The van der Waals surface area contributed by atoms with Crippen molar-refractivity contribution in [2.75, 3.05) is 6.61 Å². The fraction of sp³-hybridized carbons (Fsp3) is 0.333. The molecule has 84 valence electrons. The standard InChI is InChI=1S/C9H9ClF3NO/c10-4-3-5(11)7(6(14)1-2-15)9(13)8(4)12/h3,6,15H,1-2,14H2. The number of aliphatic hydroxyl groups is 1. The highest BCUT2D eigenvalue weighted by Crippen LogP contribution is 2.28. The summed E-state index contributed by atoms with van der Waals surface area (Å²) < 4.78 is 39.4. The summed E-state index contributed by atoms with van der Waals surface area (Å²) in [6.07, 6.45) is -0.0606. The van der Waals surface area contributed by atoms with Gasteiger partial charge in [0.15, 0.2) is 11.6 Å². The van der Waals surface area contributed by atoms with Crippen molar-refractivity contribution in [3.8, 4) is 0 Å². The van der Waals surface area contributed by atoms with Crippen LogP contribution in [0.3, 0.4) is 0 Å². The first kappa shape index (κ1) is 12.3. The molecule has 0 heterocycles. The average Bonchev–Trinajstić information content (AvgIpc) is 2.15. The Labute approximate surface area is 89.5 Å². The van der Waals surface area contributed by atoms with Crippen molar-refractivity contribution < 1.29 is 18.3 Å². The van der Waals surface area contributed by atoms with Gasteiger partial charge in [0.1, 0.15) is 5.82 Å². The van der Waals surface area contributed by atoms with Crippen molar-refractivity contribution in [1.82, 2.24) is 0 Å². The summed E-state index contributed by atoms with van der Waals surface area (Å²) in [6, 6.07) is -0.436. The molecule has 1 rings (SSSR count). The quantitative estimate of drug-likeness (QED) is 0.627. The molecule has 0 spiro atoms. The van der Waals surface area contributed by atoms with Gasteiger partial charge in [-0.25, -0.2) is 13.2 Å². The zero-order valence-corrected chi connectivity index (χ0v) is 8.36. The van der Waals surface area contributed by atoms with E-state index in [1.807, 2.05) is 0 Å². The Kier molecular flexibility index (Phi) is 3.96. The van der Waals surface area contributed by atoms with Crippen molar-refractivity contribution in [3.05, 3.63) is 34.1 Å². The molecule has 15 heavy (non-hydrogen) atoms. The van der Waals surface area contributed by atoms with Crippen molar-refractivity contribution in [2.24, 2.45) is 5.73 Å². The number of halogens is 4. The molecule has 0 aliphatic carbocycles. The monoisotopic (exact) mass is 239 g/mol. The Balaban J connectivity index is 3.23. The van der Waals surface area contributed by atoms with Crippen molar-refractivity contribution in [3.63, 3.8) is 0 Å².